The van der Waals surface area contributed by atoms with Crippen molar-refractivity contribution in [1.29, 1.82) is 5.26 Å². The molecule has 0 spiro atoms. The summed E-state index contributed by atoms with van der Waals surface area (Å²) in [6.45, 7) is 2.31. The Morgan fingerprint density at radius 2 is 1.96 bits per heavy atom. The maximum absolute atomic E-state index is 13.0. The van der Waals surface area contributed by atoms with E-state index < -0.39 is 0 Å². The third kappa shape index (κ3) is 2.17. The highest BCUT2D eigenvalue weighted by atomic mass is 16.2. The standard InChI is InChI=1S/C20H17N3O/c1-14-10-15-6-2-4-8-18(15)23(14)20(24)13-22-12-16(11-21)17-7-3-5-9-19(17)22/h2-9,12,14H,10,13H2,1H3/t14-/m0/s1. The number of carbonyl (C=O) groups excluding carboxylic acids is 1. The lowest BCUT2D eigenvalue weighted by Gasteiger charge is -2.23. The average Bonchev–Trinajstić information content (AvgIpc) is 3.12. The van der Waals surface area contributed by atoms with Gasteiger partial charge in [0.2, 0.25) is 5.91 Å². The molecule has 1 atom stereocenters. The third-order valence-electron chi connectivity index (χ3n) is 4.69. The second kappa shape index (κ2) is 5.54. The summed E-state index contributed by atoms with van der Waals surface area (Å²) in [6.07, 6.45) is 2.66. The van der Waals surface area contributed by atoms with Crippen molar-refractivity contribution in [2.45, 2.75) is 25.9 Å². The summed E-state index contributed by atoms with van der Waals surface area (Å²) in [6, 6.07) is 18.1. The molecule has 4 heteroatoms. The molecule has 0 radical (unpaired) electrons. The van der Waals surface area contributed by atoms with Gasteiger partial charge in [-0.05, 0) is 31.0 Å². The van der Waals surface area contributed by atoms with Crippen LogP contribution in [0.5, 0.6) is 0 Å². The van der Waals surface area contributed by atoms with Crippen molar-refractivity contribution in [1.82, 2.24) is 4.57 Å². The highest BCUT2D eigenvalue weighted by molar-refractivity contribution is 5.97. The van der Waals surface area contributed by atoms with Gasteiger partial charge in [0.1, 0.15) is 12.6 Å². The fraction of sp³-hybridized carbons (Fsp3) is 0.200. The lowest BCUT2D eigenvalue weighted by molar-refractivity contribution is -0.119. The second-order valence-electron chi connectivity index (χ2n) is 6.25. The van der Waals surface area contributed by atoms with E-state index in [4.69, 9.17) is 0 Å². The molecule has 1 aromatic heterocycles. The number of nitriles is 1. The van der Waals surface area contributed by atoms with Crippen molar-refractivity contribution in [3.8, 4) is 6.07 Å². The first-order valence-electron chi connectivity index (χ1n) is 8.07. The van der Waals surface area contributed by atoms with Gasteiger partial charge in [0, 0.05) is 28.8 Å². The molecule has 1 aliphatic heterocycles. The molecule has 0 bridgehead atoms. The van der Waals surface area contributed by atoms with E-state index in [9.17, 15) is 10.1 Å². The molecule has 0 fully saturated rings. The number of para-hydroxylation sites is 2. The first-order valence-corrected chi connectivity index (χ1v) is 8.07. The van der Waals surface area contributed by atoms with Crippen molar-refractivity contribution in [3.63, 3.8) is 0 Å². The Bertz CT molecular complexity index is 980. The van der Waals surface area contributed by atoms with Crippen molar-refractivity contribution < 1.29 is 4.79 Å². The Kier molecular flexibility index (Phi) is 3.35. The number of carbonyl (C=O) groups is 1. The molecule has 118 valence electrons. The minimum Gasteiger partial charge on any atom is -0.337 e. The summed E-state index contributed by atoms with van der Waals surface area (Å²) in [5, 5.41) is 10.2. The topological polar surface area (TPSA) is 49.0 Å². The molecule has 2 aromatic carbocycles. The largest absolute Gasteiger partial charge is 0.337 e. The van der Waals surface area contributed by atoms with Crippen LogP contribution in [-0.4, -0.2) is 16.5 Å². The van der Waals surface area contributed by atoms with Crippen LogP contribution in [0.1, 0.15) is 18.1 Å². The number of fused-ring (bicyclic) bond motifs is 2. The van der Waals surface area contributed by atoms with Gasteiger partial charge in [-0.15, -0.1) is 0 Å². The molecule has 0 N–H and O–H groups in total. The van der Waals surface area contributed by atoms with Crippen LogP contribution in [0.4, 0.5) is 5.69 Å². The molecule has 0 aliphatic carbocycles. The zero-order valence-electron chi connectivity index (χ0n) is 13.4. The number of amides is 1. The lowest BCUT2D eigenvalue weighted by Crippen LogP contribution is -2.37. The van der Waals surface area contributed by atoms with Gasteiger partial charge in [0.05, 0.1) is 5.56 Å². The second-order valence-corrected chi connectivity index (χ2v) is 6.25. The fourth-order valence-corrected chi connectivity index (χ4v) is 3.63. The summed E-state index contributed by atoms with van der Waals surface area (Å²) in [5.74, 6) is 0.0534. The van der Waals surface area contributed by atoms with Gasteiger partial charge in [0.25, 0.3) is 0 Å². The average molecular weight is 315 g/mol. The van der Waals surface area contributed by atoms with Crippen molar-refractivity contribution in [3.05, 3.63) is 65.9 Å². The molecular formula is C20H17N3O. The Balaban J connectivity index is 1.70. The van der Waals surface area contributed by atoms with Crippen molar-refractivity contribution in [2.24, 2.45) is 0 Å². The summed E-state index contributed by atoms with van der Waals surface area (Å²) in [7, 11) is 0. The van der Waals surface area contributed by atoms with Gasteiger partial charge in [0.15, 0.2) is 0 Å². The Morgan fingerprint density at radius 1 is 1.21 bits per heavy atom. The van der Waals surface area contributed by atoms with Gasteiger partial charge < -0.3 is 9.47 Å². The smallest absolute Gasteiger partial charge is 0.247 e. The third-order valence-corrected chi connectivity index (χ3v) is 4.69. The van der Waals surface area contributed by atoms with E-state index in [2.05, 4.69) is 19.1 Å². The molecule has 0 unspecified atom stereocenters. The monoisotopic (exact) mass is 315 g/mol. The van der Waals surface area contributed by atoms with Crippen LogP contribution in [0.15, 0.2) is 54.7 Å². The van der Waals surface area contributed by atoms with E-state index in [1.807, 2.05) is 51.9 Å². The molecule has 1 aliphatic rings. The lowest BCUT2D eigenvalue weighted by atomic mass is 10.1. The quantitative estimate of drug-likeness (QED) is 0.727. The summed E-state index contributed by atoms with van der Waals surface area (Å²) in [5.41, 5.74) is 3.75. The summed E-state index contributed by atoms with van der Waals surface area (Å²) < 4.78 is 1.88. The number of rotatable bonds is 2. The highest BCUT2D eigenvalue weighted by Gasteiger charge is 2.30. The maximum Gasteiger partial charge on any atom is 0.247 e. The predicted octanol–water partition coefficient (Wildman–Crippen LogP) is 3.49. The Hall–Kier alpha value is -3.06. The molecule has 0 saturated carbocycles. The molecule has 3 aromatic rings. The normalized spacial score (nSPS) is 16.2. The summed E-state index contributed by atoms with van der Waals surface area (Å²) in [4.78, 5) is 14.8. The number of anilines is 1. The maximum atomic E-state index is 13.0. The van der Waals surface area contributed by atoms with Gasteiger partial charge in [-0.25, -0.2) is 0 Å². The molecule has 1 amide bonds. The molecule has 4 nitrogen and oxygen atoms in total. The van der Waals surface area contributed by atoms with E-state index in [-0.39, 0.29) is 18.5 Å². The van der Waals surface area contributed by atoms with E-state index in [0.717, 1.165) is 23.0 Å². The van der Waals surface area contributed by atoms with E-state index in [0.29, 0.717) is 5.56 Å². The SMILES string of the molecule is C[C@H]1Cc2ccccc2N1C(=O)Cn1cc(C#N)c2ccccc21. The van der Waals surface area contributed by atoms with Crippen LogP contribution in [-0.2, 0) is 17.8 Å². The van der Waals surface area contributed by atoms with Crippen LogP contribution in [0, 0.1) is 11.3 Å². The number of nitrogens with zero attached hydrogens (tertiary/aromatic N) is 3. The Labute approximate surface area is 140 Å². The number of aromatic nitrogens is 1. The van der Waals surface area contributed by atoms with Crippen LogP contribution < -0.4 is 4.90 Å². The van der Waals surface area contributed by atoms with Crippen molar-refractivity contribution >= 4 is 22.5 Å². The van der Waals surface area contributed by atoms with E-state index in [1.54, 1.807) is 6.20 Å². The van der Waals surface area contributed by atoms with Crippen LogP contribution in [0.25, 0.3) is 10.9 Å². The van der Waals surface area contributed by atoms with E-state index >= 15 is 0 Å². The molecule has 4 rings (SSSR count). The zero-order chi connectivity index (χ0) is 16.7. The van der Waals surface area contributed by atoms with Gasteiger partial charge in [-0.1, -0.05) is 36.4 Å². The molecule has 0 saturated heterocycles. The number of hydrogen-bond donors (Lipinski definition) is 0. The first kappa shape index (κ1) is 14.5. The highest BCUT2D eigenvalue weighted by Crippen LogP contribution is 2.32. The Morgan fingerprint density at radius 3 is 2.79 bits per heavy atom. The van der Waals surface area contributed by atoms with Gasteiger partial charge >= 0.3 is 0 Å². The zero-order valence-corrected chi connectivity index (χ0v) is 13.4. The van der Waals surface area contributed by atoms with Crippen molar-refractivity contribution in [2.75, 3.05) is 4.90 Å². The van der Waals surface area contributed by atoms with Crippen LogP contribution in [0.2, 0.25) is 0 Å². The number of hydrogen-bond acceptors (Lipinski definition) is 2. The minimum atomic E-state index is 0.0534. The number of benzene rings is 2. The van der Waals surface area contributed by atoms with Gasteiger partial charge in [-0.2, -0.15) is 5.26 Å². The fourth-order valence-electron chi connectivity index (χ4n) is 3.63. The van der Waals surface area contributed by atoms with E-state index in [1.165, 1.54) is 5.56 Å². The van der Waals surface area contributed by atoms with Crippen LogP contribution >= 0.6 is 0 Å². The molecular weight excluding hydrogens is 298 g/mol. The predicted molar refractivity (Wildman–Crippen MR) is 93.7 cm³/mol. The first-order chi connectivity index (χ1) is 11.7. The molecule has 24 heavy (non-hydrogen) atoms. The minimum absolute atomic E-state index is 0.0534. The van der Waals surface area contributed by atoms with Crippen LogP contribution in [0.3, 0.4) is 0 Å². The molecule has 2 heterocycles. The summed E-state index contributed by atoms with van der Waals surface area (Å²) >= 11 is 0. The van der Waals surface area contributed by atoms with Gasteiger partial charge in [-0.3, -0.25) is 4.79 Å².